The zero-order chi connectivity index (χ0) is 12.5. The van der Waals surface area contributed by atoms with E-state index in [1.807, 2.05) is 30.3 Å². The number of aliphatic hydroxyl groups is 1. The van der Waals surface area contributed by atoms with Crippen LogP contribution in [0.1, 0.15) is 26.5 Å². The number of fused-ring (bicyclic) bond motifs is 1. The number of hydrogen-bond acceptors (Lipinski definition) is 3. The van der Waals surface area contributed by atoms with E-state index in [9.17, 15) is 5.11 Å². The standard InChI is InChI=1S/C14H18N2O/c1-14(2,3)16-13-8-10(9-17)15-12-7-5-4-6-11(12)13/h4-8,17H,9H2,1-3H3,(H,15,16). The molecule has 0 aliphatic rings. The van der Waals surface area contributed by atoms with E-state index in [0.29, 0.717) is 5.69 Å². The summed E-state index contributed by atoms with van der Waals surface area (Å²) in [6, 6.07) is 9.86. The maximum atomic E-state index is 9.23. The molecule has 0 saturated carbocycles. The third-order valence-corrected chi connectivity index (χ3v) is 2.44. The third-order valence-electron chi connectivity index (χ3n) is 2.44. The second kappa shape index (κ2) is 4.34. The molecule has 0 fully saturated rings. The summed E-state index contributed by atoms with van der Waals surface area (Å²) in [4.78, 5) is 4.39. The number of nitrogens with one attached hydrogen (secondary N) is 1. The van der Waals surface area contributed by atoms with Crippen molar-refractivity contribution in [2.75, 3.05) is 5.32 Å². The van der Waals surface area contributed by atoms with Crippen LogP contribution >= 0.6 is 0 Å². The van der Waals surface area contributed by atoms with Gasteiger partial charge in [0.2, 0.25) is 0 Å². The van der Waals surface area contributed by atoms with E-state index < -0.39 is 0 Å². The first-order chi connectivity index (χ1) is 7.99. The summed E-state index contributed by atoms with van der Waals surface area (Å²) in [5.41, 5.74) is 2.60. The van der Waals surface area contributed by atoms with Crippen LogP contribution < -0.4 is 5.32 Å². The number of aliphatic hydroxyl groups excluding tert-OH is 1. The predicted molar refractivity (Wildman–Crippen MR) is 71.0 cm³/mol. The monoisotopic (exact) mass is 230 g/mol. The molecule has 17 heavy (non-hydrogen) atoms. The summed E-state index contributed by atoms with van der Waals surface area (Å²) in [5, 5.41) is 13.8. The van der Waals surface area contributed by atoms with Crippen molar-refractivity contribution in [1.29, 1.82) is 0 Å². The fraction of sp³-hybridized carbons (Fsp3) is 0.357. The zero-order valence-electron chi connectivity index (χ0n) is 10.5. The van der Waals surface area contributed by atoms with Gasteiger partial charge in [0.05, 0.1) is 17.8 Å². The fourth-order valence-corrected chi connectivity index (χ4v) is 1.82. The van der Waals surface area contributed by atoms with Gasteiger partial charge in [0.15, 0.2) is 0 Å². The van der Waals surface area contributed by atoms with Crippen LogP contribution in [0, 0.1) is 0 Å². The number of nitrogens with zero attached hydrogens (tertiary/aromatic N) is 1. The van der Waals surface area contributed by atoms with Crippen LogP contribution in [-0.4, -0.2) is 15.6 Å². The molecule has 0 aliphatic heterocycles. The van der Waals surface area contributed by atoms with Gasteiger partial charge in [0.25, 0.3) is 0 Å². The molecule has 2 N–H and O–H groups in total. The Morgan fingerprint density at radius 3 is 2.59 bits per heavy atom. The quantitative estimate of drug-likeness (QED) is 0.833. The van der Waals surface area contributed by atoms with Gasteiger partial charge in [-0.1, -0.05) is 18.2 Å². The summed E-state index contributed by atoms with van der Waals surface area (Å²) >= 11 is 0. The maximum Gasteiger partial charge on any atom is 0.0854 e. The van der Waals surface area contributed by atoms with Gasteiger partial charge in [-0.05, 0) is 32.9 Å². The van der Waals surface area contributed by atoms with Gasteiger partial charge in [0.1, 0.15) is 0 Å². The van der Waals surface area contributed by atoms with Crippen molar-refractivity contribution < 1.29 is 5.11 Å². The Labute approximate surface area is 102 Å². The average Bonchev–Trinajstić information content (AvgIpc) is 2.26. The molecule has 3 nitrogen and oxygen atoms in total. The molecule has 0 unspecified atom stereocenters. The minimum Gasteiger partial charge on any atom is -0.390 e. The lowest BCUT2D eigenvalue weighted by atomic mass is 10.1. The lowest BCUT2D eigenvalue weighted by Crippen LogP contribution is -2.26. The van der Waals surface area contributed by atoms with Crippen molar-refractivity contribution in [2.24, 2.45) is 0 Å². The van der Waals surface area contributed by atoms with Crippen molar-refractivity contribution in [3.05, 3.63) is 36.0 Å². The molecule has 1 aromatic carbocycles. The van der Waals surface area contributed by atoms with Gasteiger partial charge >= 0.3 is 0 Å². The predicted octanol–water partition coefficient (Wildman–Crippen LogP) is 2.94. The lowest BCUT2D eigenvalue weighted by molar-refractivity contribution is 0.277. The Morgan fingerprint density at radius 2 is 1.94 bits per heavy atom. The van der Waals surface area contributed by atoms with E-state index in [1.165, 1.54) is 0 Å². The van der Waals surface area contributed by atoms with E-state index in [4.69, 9.17) is 0 Å². The summed E-state index contributed by atoms with van der Waals surface area (Å²) in [6.45, 7) is 6.30. The van der Waals surface area contributed by atoms with Gasteiger partial charge in [0, 0.05) is 16.6 Å². The molecule has 0 bridgehead atoms. The first-order valence-corrected chi connectivity index (χ1v) is 5.77. The molecule has 2 rings (SSSR count). The van der Waals surface area contributed by atoms with E-state index in [1.54, 1.807) is 0 Å². The zero-order valence-corrected chi connectivity index (χ0v) is 10.5. The number of rotatable bonds is 2. The highest BCUT2D eigenvalue weighted by atomic mass is 16.3. The van der Waals surface area contributed by atoms with Crippen LogP contribution in [0.25, 0.3) is 10.9 Å². The molecular weight excluding hydrogens is 212 g/mol. The van der Waals surface area contributed by atoms with Gasteiger partial charge in [-0.3, -0.25) is 4.98 Å². The minimum absolute atomic E-state index is 0.0170. The molecule has 3 heteroatoms. The first-order valence-electron chi connectivity index (χ1n) is 5.77. The molecular formula is C14H18N2O. The van der Waals surface area contributed by atoms with Crippen molar-refractivity contribution >= 4 is 16.6 Å². The Bertz CT molecular complexity index is 529. The Kier molecular flexibility index (Phi) is 3.03. The molecule has 90 valence electrons. The fourth-order valence-electron chi connectivity index (χ4n) is 1.82. The van der Waals surface area contributed by atoms with Crippen molar-refractivity contribution in [3.8, 4) is 0 Å². The summed E-state index contributed by atoms with van der Waals surface area (Å²) in [7, 11) is 0. The summed E-state index contributed by atoms with van der Waals surface area (Å²) in [6.07, 6.45) is 0. The highest BCUT2D eigenvalue weighted by Crippen LogP contribution is 2.25. The van der Waals surface area contributed by atoms with Crippen molar-refractivity contribution in [3.63, 3.8) is 0 Å². The van der Waals surface area contributed by atoms with E-state index in [0.717, 1.165) is 16.6 Å². The molecule has 0 saturated heterocycles. The van der Waals surface area contributed by atoms with Crippen LogP contribution in [0.4, 0.5) is 5.69 Å². The van der Waals surface area contributed by atoms with Gasteiger partial charge in [-0.15, -0.1) is 0 Å². The van der Waals surface area contributed by atoms with Crippen LogP contribution in [0.5, 0.6) is 0 Å². The topological polar surface area (TPSA) is 45.1 Å². The number of benzene rings is 1. The Morgan fingerprint density at radius 1 is 1.24 bits per heavy atom. The number of pyridine rings is 1. The van der Waals surface area contributed by atoms with E-state index in [-0.39, 0.29) is 12.1 Å². The molecule has 2 aromatic rings. The van der Waals surface area contributed by atoms with Crippen LogP contribution in [0.15, 0.2) is 30.3 Å². The van der Waals surface area contributed by atoms with E-state index >= 15 is 0 Å². The van der Waals surface area contributed by atoms with E-state index in [2.05, 4.69) is 31.1 Å². The number of anilines is 1. The molecule has 1 heterocycles. The summed E-state index contributed by atoms with van der Waals surface area (Å²) in [5.74, 6) is 0. The second-order valence-electron chi connectivity index (χ2n) is 5.21. The number of para-hydroxylation sites is 1. The van der Waals surface area contributed by atoms with Crippen molar-refractivity contribution in [1.82, 2.24) is 4.98 Å². The van der Waals surface area contributed by atoms with Crippen molar-refractivity contribution in [2.45, 2.75) is 32.9 Å². The Balaban J connectivity index is 2.58. The highest BCUT2D eigenvalue weighted by Gasteiger charge is 2.12. The maximum absolute atomic E-state index is 9.23. The van der Waals surface area contributed by atoms with Crippen LogP contribution in [-0.2, 0) is 6.61 Å². The Hall–Kier alpha value is -1.61. The molecule has 0 spiro atoms. The molecule has 0 atom stereocenters. The number of hydrogen-bond donors (Lipinski definition) is 2. The smallest absolute Gasteiger partial charge is 0.0854 e. The number of aromatic nitrogens is 1. The normalized spacial score (nSPS) is 11.8. The van der Waals surface area contributed by atoms with Gasteiger partial charge in [-0.25, -0.2) is 0 Å². The SMILES string of the molecule is CC(C)(C)Nc1cc(CO)nc2ccccc12. The minimum atomic E-state index is -0.0380. The highest BCUT2D eigenvalue weighted by molar-refractivity contribution is 5.91. The molecule has 1 aromatic heterocycles. The molecule has 0 aliphatic carbocycles. The van der Waals surface area contributed by atoms with Crippen LogP contribution in [0.3, 0.4) is 0 Å². The largest absolute Gasteiger partial charge is 0.390 e. The van der Waals surface area contributed by atoms with Gasteiger partial charge in [-0.2, -0.15) is 0 Å². The molecule has 0 amide bonds. The van der Waals surface area contributed by atoms with Gasteiger partial charge < -0.3 is 10.4 Å². The summed E-state index contributed by atoms with van der Waals surface area (Å²) < 4.78 is 0. The third kappa shape index (κ3) is 2.74. The lowest BCUT2D eigenvalue weighted by Gasteiger charge is -2.23. The van der Waals surface area contributed by atoms with Crippen LogP contribution in [0.2, 0.25) is 0 Å². The first kappa shape index (κ1) is 11.9. The molecule has 0 radical (unpaired) electrons. The second-order valence-corrected chi connectivity index (χ2v) is 5.21. The average molecular weight is 230 g/mol.